The Morgan fingerprint density at radius 2 is 1.92 bits per heavy atom. The molecular weight excluding hydrogens is 302 g/mol. The van der Waals surface area contributed by atoms with Crippen molar-refractivity contribution in [2.75, 3.05) is 33.4 Å². The number of ether oxygens (including phenoxy) is 3. The largest absolute Gasteiger partial charge is 0.496 e. The molecule has 0 spiro atoms. The van der Waals surface area contributed by atoms with Crippen molar-refractivity contribution in [3.8, 4) is 17.2 Å². The molecule has 1 atom stereocenters. The topological polar surface area (TPSA) is 30.9 Å². The van der Waals surface area contributed by atoms with Crippen molar-refractivity contribution in [3.05, 3.63) is 53.6 Å². The Balaban J connectivity index is 1.44. The van der Waals surface area contributed by atoms with Crippen molar-refractivity contribution in [2.24, 2.45) is 0 Å². The highest BCUT2D eigenvalue weighted by atomic mass is 16.6. The van der Waals surface area contributed by atoms with Crippen molar-refractivity contribution in [1.82, 2.24) is 4.90 Å². The van der Waals surface area contributed by atoms with Gasteiger partial charge < -0.3 is 14.2 Å². The highest BCUT2D eigenvalue weighted by Gasteiger charge is 2.26. The predicted molar refractivity (Wildman–Crippen MR) is 93.1 cm³/mol. The number of methoxy groups -OCH3 is 1. The average Bonchev–Trinajstić information content (AvgIpc) is 3.10. The van der Waals surface area contributed by atoms with Gasteiger partial charge in [0.05, 0.1) is 7.11 Å². The molecule has 24 heavy (non-hydrogen) atoms. The number of fused-ring (bicyclic) bond motifs is 1. The van der Waals surface area contributed by atoms with Crippen LogP contribution < -0.4 is 14.2 Å². The van der Waals surface area contributed by atoms with Crippen LogP contribution in [-0.2, 0) is 6.54 Å². The fourth-order valence-electron chi connectivity index (χ4n) is 3.68. The van der Waals surface area contributed by atoms with Crippen LogP contribution in [-0.4, -0.2) is 38.3 Å². The highest BCUT2D eigenvalue weighted by Crippen LogP contribution is 2.35. The smallest absolute Gasteiger partial charge is 0.161 e. The first-order valence-corrected chi connectivity index (χ1v) is 8.57. The molecule has 2 aliphatic heterocycles. The van der Waals surface area contributed by atoms with Crippen molar-refractivity contribution in [1.29, 1.82) is 0 Å². The van der Waals surface area contributed by atoms with Crippen LogP contribution in [0.25, 0.3) is 0 Å². The van der Waals surface area contributed by atoms with Gasteiger partial charge in [-0.2, -0.15) is 0 Å². The maximum absolute atomic E-state index is 5.69. The third-order valence-electron chi connectivity index (χ3n) is 4.86. The minimum atomic E-state index is 0.540. The SMILES string of the molecule is COc1ccccc1[C@@H]1CCN(Cc2ccc3c(c2)OCCO3)C1. The van der Waals surface area contributed by atoms with E-state index in [2.05, 4.69) is 35.2 Å². The Morgan fingerprint density at radius 1 is 1.08 bits per heavy atom. The zero-order valence-corrected chi connectivity index (χ0v) is 14.0. The van der Waals surface area contributed by atoms with Crippen LogP contribution in [0.2, 0.25) is 0 Å². The van der Waals surface area contributed by atoms with Gasteiger partial charge in [0, 0.05) is 19.0 Å². The second kappa shape index (κ2) is 6.73. The van der Waals surface area contributed by atoms with Crippen molar-refractivity contribution < 1.29 is 14.2 Å². The molecule has 4 nitrogen and oxygen atoms in total. The molecular formula is C20H23NO3. The van der Waals surface area contributed by atoms with Gasteiger partial charge in [-0.3, -0.25) is 4.90 Å². The molecule has 0 amide bonds. The quantitative estimate of drug-likeness (QED) is 0.861. The summed E-state index contributed by atoms with van der Waals surface area (Å²) in [4.78, 5) is 2.50. The molecule has 0 bridgehead atoms. The second-order valence-electron chi connectivity index (χ2n) is 6.44. The van der Waals surface area contributed by atoms with E-state index in [0.717, 1.165) is 36.9 Å². The first-order valence-electron chi connectivity index (χ1n) is 8.57. The molecule has 2 aromatic carbocycles. The number of hydrogen-bond acceptors (Lipinski definition) is 4. The standard InChI is InChI=1S/C20H23NO3/c1-22-18-5-3-2-4-17(18)16-8-9-21(14-16)13-15-6-7-19-20(12-15)24-11-10-23-19/h2-7,12,16H,8-11,13-14H2,1H3/t16-/m1/s1. The van der Waals surface area contributed by atoms with E-state index in [-0.39, 0.29) is 0 Å². The molecule has 0 unspecified atom stereocenters. The lowest BCUT2D eigenvalue weighted by Crippen LogP contribution is -2.20. The maximum atomic E-state index is 5.69. The summed E-state index contributed by atoms with van der Waals surface area (Å²) in [5, 5.41) is 0. The van der Waals surface area contributed by atoms with E-state index in [1.54, 1.807) is 7.11 Å². The van der Waals surface area contributed by atoms with Gasteiger partial charge in [-0.15, -0.1) is 0 Å². The minimum absolute atomic E-state index is 0.540. The van der Waals surface area contributed by atoms with E-state index in [1.165, 1.54) is 17.5 Å². The Bertz CT molecular complexity index is 716. The molecule has 0 saturated carbocycles. The molecule has 1 fully saturated rings. The van der Waals surface area contributed by atoms with Gasteiger partial charge in [0.1, 0.15) is 19.0 Å². The summed E-state index contributed by atoms with van der Waals surface area (Å²) in [6.45, 7) is 4.39. The highest BCUT2D eigenvalue weighted by molar-refractivity contribution is 5.44. The van der Waals surface area contributed by atoms with Crippen molar-refractivity contribution in [3.63, 3.8) is 0 Å². The fourth-order valence-corrected chi connectivity index (χ4v) is 3.68. The third-order valence-corrected chi connectivity index (χ3v) is 4.86. The summed E-state index contributed by atoms with van der Waals surface area (Å²) in [7, 11) is 1.75. The van der Waals surface area contributed by atoms with Crippen LogP contribution in [0.15, 0.2) is 42.5 Å². The molecule has 1 saturated heterocycles. The number of nitrogens with zero attached hydrogens (tertiary/aromatic N) is 1. The van der Waals surface area contributed by atoms with Gasteiger partial charge in [0.2, 0.25) is 0 Å². The molecule has 2 heterocycles. The third kappa shape index (κ3) is 3.06. The summed E-state index contributed by atoms with van der Waals surface area (Å²) in [5.41, 5.74) is 2.60. The summed E-state index contributed by atoms with van der Waals surface area (Å²) in [5.74, 6) is 3.28. The fraction of sp³-hybridized carbons (Fsp3) is 0.400. The monoisotopic (exact) mass is 325 g/mol. The molecule has 2 aliphatic rings. The van der Waals surface area contributed by atoms with E-state index >= 15 is 0 Å². The molecule has 0 aromatic heterocycles. The van der Waals surface area contributed by atoms with Crippen LogP contribution >= 0.6 is 0 Å². The van der Waals surface area contributed by atoms with Crippen molar-refractivity contribution >= 4 is 0 Å². The summed E-state index contributed by atoms with van der Waals surface area (Å²) in [6.07, 6.45) is 1.17. The zero-order valence-electron chi connectivity index (χ0n) is 14.0. The van der Waals surface area contributed by atoms with Crippen LogP contribution in [0, 0.1) is 0 Å². The molecule has 0 radical (unpaired) electrons. The van der Waals surface area contributed by atoms with E-state index in [0.29, 0.717) is 19.1 Å². The van der Waals surface area contributed by atoms with Crippen LogP contribution in [0.1, 0.15) is 23.5 Å². The Kier molecular flexibility index (Phi) is 4.30. The van der Waals surface area contributed by atoms with Crippen LogP contribution in [0.4, 0.5) is 0 Å². The van der Waals surface area contributed by atoms with E-state index in [4.69, 9.17) is 14.2 Å². The first-order chi connectivity index (χ1) is 11.8. The molecule has 2 aromatic rings. The maximum Gasteiger partial charge on any atom is 0.161 e. The number of hydrogen-bond donors (Lipinski definition) is 0. The van der Waals surface area contributed by atoms with Gasteiger partial charge in [-0.05, 0) is 42.3 Å². The van der Waals surface area contributed by atoms with E-state index in [9.17, 15) is 0 Å². The molecule has 0 N–H and O–H groups in total. The van der Waals surface area contributed by atoms with Crippen LogP contribution in [0.5, 0.6) is 17.2 Å². The molecule has 4 heteroatoms. The van der Waals surface area contributed by atoms with Gasteiger partial charge in [-0.1, -0.05) is 24.3 Å². The normalized spacial score (nSPS) is 20.1. The van der Waals surface area contributed by atoms with Crippen LogP contribution in [0.3, 0.4) is 0 Å². The summed E-state index contributed by atoms with van der Waals surface area (Å²) in [6, 6.07) is 14.7. The van der Waals surface area contributed by atoms with E-state index in [1.807, 2.05) is 12.1 Å². The van der Waals surface area contributed by atoms with Gasteiger partial charge in [0.15, 0.2) is 11.5 Å². The van der Waals surface area contributed by atoms with E-state index < -0.39 is 0 Å². The lowest BCUT2D eigenvalue weighted by atomic mass is 9.97. The Labute approximate surface area is 142 Å². The predicted octanol–water partition coefficient (Wildman–Crippen LogP) is 3.46. The summed E-state index contributed by atoms with van der Waals surface area (Å²) >= 11 is 0. The zero-order chi connectivity index (χ0) is 16.4. The average molecular weight is 325 g/mol. The number of benzene rings is 2. The number of likely N-dealkylation sites (tertiary alicyclic amines) is 1. The molecule has 126 valence electrons. The number of para-hydroxylation sites is 1. The number of rotatable bonds is 4. The van der Waals surface area contributed by atoms with Crippen molar-refractivity contribution in [2.45, 2.75) is 18.9 Å². The minimum Gasteiger partial charge on any atom is -0.496 e. The molecule has 0 aliphatic carbocycles. The lowest BCUT2D eigenvalue weighted by molar-refractivity contribution is 0.171. The summed E-state index contributed by atoms with van der Waals surface area (Å²) < 4.78 is 16.8. The first kappa shape index (κ1) is 15.3. The Hall–Kier alpha value is -2.20. The molecule has 4 rings (SSSR count). The van der Waals surface area contributed by atoms with Gasteiger partial charge in [0.25, 0.3) is 0 Å². The lowest BCUT2D eigenvalue weighted by Gasteiger charge is -2.21. The van der Waals surface area contributed by atoms with Gasteiger partial charge >= 0.3 is 0 Å². The second-order valence-corrected chi connectivity index (χ2v) is 6.44. The Morgan fingerprint density at radius 3 is 2.79 bits per heavy atom. The van der Waals surface area contributed by atoms with Gasteiger partial charge in [-0.25, -0.2) is 0 Å².